The van der Waals surface area contributed by atoms with Gasteiger partial charge in [0, 0.05) is 41.9 Å². The zero-order valence-electron chi connectivity index (χ0n) is 19.8. The van der Waals surface area contributed by atoms with E-state index >= 15 is 0 Å². The number of fused-ring (bicyclic) bond motifs is 3. The van der Waals surface area contributed by atoms with E-state index in [2.05, 4.69) is 23.8 Å². The molecule has 3 heterocycles. The number of carbonyl (C=O) groups is 1. The predicted molar refractivity (Wildman–Crippen MR) is 135 cm³/mol. The van der Waals surface area contributed by atoms with Crippen molar-refractivity contribution in [2.45, 2.75) is 69.7 Å². The van der Waals surface area contributed by atoms with Gasteiger partial charge in [-0.3, -0.25) is 4.79 Å². The van der Waals surface area contributed by atoms with Gasteiger partial charge in [0.05, 0.1) is 11.1 Å². The summed E-state index contributed by atoms with van der Waals surface area (Å²) in [5.74, 6) is 6.73. The minimum Gasteiger partial charge on any atom is -0.489 e. The van der Waals surface area contributed by atoms with Crippen LogP contribution in [0.2, 0.25) is 5.02 Å². The van der Waals surface area contributed by atoms with Crippen LogP contribution in [0.1, 0.15) is 60.5 Å². The Bertz CT molecular complexity index is 1140. The van der Waals surface area contributed by atoms with Gasteiger partial charge in [-0.2, -0.15) is 0 Å². The van der Waals surface area contributed by atoms with E-state index in [0.717, 1.165) is 36.1 Å². The third-order valence-corrected chi connectivity index (χ3v) is 7.69. The molecule has 0 radical (unpaired) electrons. The molecule has 2 bridgehead atoms. The molecule has 5 nitrogen and oxygen atoms in total. The number of anilines is 1. The molecule has 3 aliphatic rings. The first kappa shape index (κ1) is 23.2. The number of hydrogen-bond donors (Lipinski definition) is 1. The Morgan fingerprint density at radius 3 is 2.65 bits per heavy atom. The maximum atomic E-state index is 13.2. The second-order valence-corrected chi connectivity index (χ2v) is 10.2. The second kappa shape index (κ2) is 9.62. The summed E-state index contributed by atoms with van der Waals surface area (Å²) in [5.41, 5.74) is 3.36. The van der Waals surface area contributed by atoms with E-state index in [4.69, 9.17) is 16.3 Å². The predicted octanol–water partition coefficient (Wildman–Crippen LogP) is 4.67. The van der Waals surface area contributed by atoms with Gasteiger partial charge >= 0.3 is 0 Å². The Hall–Kier alpha value is -2.52. The highest BCUT2D eigenvalue weighted by Crippen LogP contribution is 2.38. The van der Waals surface area contributed by atoms with E-state index in [9.17, 15) is 9.90 Å². The van der Waals surface area contributed by atoms with E-state index in [0.29, 0.717) is 41.4 Å². The van der Waals surface area contributed by atoms with Crippen LogP contribution in [0.5, 0.6) is 5.75 Å². The van der Waals surface area contributed by atoms with Gasteiger partial charge in [0.1, 0.15) is 11.9 Å². The largest absolute Gasteiger partial charge is 0.489 e. The number of piperidine rings is 1. The van der Waals surface area contributed by atoms with Crippen LogP contribution in [-0.2, 0) is 6.42 Å². The number of amides is 1. The molecule has 178 valence electrons. The van der Waals surface area contributed by atoms with Crippen LogP contribution in [0.25, 0.3) is 0 Å². The lowest BCUT2D eigenvalue weighted by Gasteiger charge is -2.36. The molecule has 1 unspecified atom stereocenters. The molecule has 0 aliphatic carbocycles. The Morgan fingerprint density at radius 2 is 1.94 bits per heavy atom. The van der Waals surface area contributed by atoms with Gasteiger partial charge in [-0.15, -0.1) is 0 Å². The highest BCUT2D eigenvalue weighted by Gasteiger charge is 2.39. The van der Waals surface area contributed by atoms with Crippen molar-refractivity contribution in [3.8, 4) is 17.6 Å². The summed E-state index contributed by atoms with van der Waals surface area (Å²) >= 11 is 6.62. The monoisotopic (exact) mass is 478 g/mol. The first-order chi connectivity index (χ1) is 16.4. The number of ether oxygens (including phenoxy) is 1. The Kier molecular flexibility index (Phi) is 6.57. The molecule has 0 aromatic heterocycles. The third-order valence-electron chi connectivity index (χ3n) is 7.39. The molecule has 6 heteroatoms. The Morgan fingerprint density at radius 1 is 1.18 bits per heavy atom. The standard InChI is InChI=1S/C28H31ClN2O3/c1-18(32)4-3-5-19-6-10-25-20(14-19)12-13-31(28(25)33)23-9-11-27(26(29)17-23)34-24-15-21-7-8-22(16-24)30(21)2/h6,9-11,14,17-18,21-22,24,32H,4,7-8,12-13,15-16H2,1-2H3/t18?,21-,22+,24+. The fourth-order valence-corrected chi connectivity index (χ4v) is 5.72. The lowest BCUT2D eigenvalue weighted by atomic mass is 9.96. The highest BCUT2D eigenvalue weighted by molar-refractivity contribution is 6.32. The first-order valence-electron chi connectivity index (χ1n) is 12.2. The second-order valence-electron chi connectivity index (χ2n) is 9.81. The van der Waals surface area contributed by atoms with Crippen molar-refractivity contribution in [1.82, 2.24) is 4.90 Å². The SMILES string of the molecule is CC(O)CC#Cc1ccc2c(c1)CCN(c1ccc(O[C@H]3C[C@H]4CC[C@@H](C3)N4C)c(Cl)c1)C2=O. The van der Waals surface area contributed by atoms with Crippen LogP contribution >= 0.6 is 11.6 Å². The highest BCUT2D eigenvalue weighted by atomic mass is 35.5. The maximum absolute atomic E-state index is 13.2. The number of aliphatic hydroxyl groups is 1. The van der Waals surface area contributed by atoms with Gasteiger partial charge in [0.25, 0.3) is 5.91 Å². The summed E-state index contributed by atoms with van der Waals surface area (Å²) in [6, 6.07) is 12.6. The van der Waals surface area contributed by atoms with Crippen molar-refractivity contribution in [3.63, 3.8) is 0 Å². The van der Waals surface area contributed by atoms with Gasteiger partial charge in [-0.25, -0.2) is 0 Å². The van der Waals surface area contributed by atoms with Crippen LogP contribution in [-0.4, -0.2) is 53.8 Å². The number of halogens is 1. The molecule has 34 heavy (non-hydrogen) atoms. The summed E-state index contributed by atoms with van der Waals surface area (Å²) in [6.45, 7) is 2.31. The van der Waals surface area contributed by atoms with Crippen molar-refractivity contribution < 1.29 is 14.6 Å². The van der Waals surface area contributed by atoms with Crippen LogP contribution in [0.3, 0.4) is 0 Å². The molecular weight excluding hydrogens is 448 g/mol. The first-order valence-corrected chi connectivity index (χ1v) is 12.6. The van der Waals surface area contributed by atoms with Gasteiger partial charge in [-0.1, -0.05) is 23.4 Å². The topological polar surface area (TPSA) is 53.0 Å². The maximum Gasteiger partial charge on any atom is 0.258 e. The smallest absolute Gasteiger partial charge is 0.258 e. The summed E-state index contributed by atoms with van der Waals surface area (Å²) in [6.07, 6.45) is 5.52. The van der Waals surface area contributed by atoms with Crippen LogP contribution < -0.4 is 9.64 Å². The molecule has 2 saturated heterocycles. The van der Waals surface area contributed by atoms with E-state index in [1.165, 1.54) is 12.8 Å². The van der Waals surface area contributed by atoms with Gasteiger partial charge < -0.3 is 19.6 Å². The molecule has 0 spiro atoms. The molecule has 0 saturated carbocycles. The van der Waals surface area contributed by atoms with Gasteiger partial charge in [0.15, 0.2) is 0 Å². The quantitative estimate of drug-likeness (QED) is 0.649. The van der Waals surface area contributed by atoms with E-state index in [1.54, 1.807) is 11.8 Å². The number of carbonyl (C=O) groups excluding carboxylic acids is 1. The molecule has 1 N–H and O–H groups in total. The number of aliphatic hydroxyl groups excluding tert-OH is 1. The van der Waals surface area contributed by atoms with Crippen molar-refractivity contribution in [2.24, 2.45) is 0 Å². The zero-order chi connectivity index (χ0) is 23.8. The number of nitrogens with zero attached hydrogens (tertiary/aromatic N) is 2. The van der Waals surface area contributed by atoms with Crippen molar-refractivity contribution in [1.29, 1.82) is 0 Å². The lowest BCUT2D eigenvalue weighted by Crippen LogP contribution is -2.43. The van der Waals surface area contributed by atoms with Crippen molar-refractivity contribution >= 4 is 23.2 Å². The van der Waals surface area contributed by atoms with Crippen LogP contribution in [0.4, 0.5) is 5.69 Å². The molecule has 2 aromatic carbocycles. The Labute approximate surface area is 206 Å². The molecule has 1 amide bonds. The normalized spacial score (nSPS) is 24.9. The molecule has 3 aliphatic heterocycles. The lowest BCUT2D eigenvalue weighted by molar-refractivity contribution is 0.0662. The van der Waals surface area contributed by atoms with Crippen molar-refractivity contribution in [2.75, 3.05) is 18.5 Å². The van der Waals surface area contributed by atoms with E-state index in [1.807, 2.05) is 36.4 Å². The number of rotatable bonds is 4. The molecule has 2 aromatic rings. The minimum absolute atomic E-state index is 0.0265. The minimum atomic E-state index is -0.441. The molecule has 4 atom stereocenters. The van der Waals surface area contributed by atoms with E-state index < -0.39 is 6.10 Å². The van der Waals surface area contributed by atoms with Crippen LogP contribution in [0.15, 0.2) is 36.4 Å². The Balaban J connectivity index is 1.28. The summed E-state index contributed by atoms with van der Waals surface area (Å²) in [4.78, 5) is 17.5. The average Bonchev–Trinajstić information content (AvgIpc) is 3.01. The summed E-state index contributed by atoms with van der Waals surface area (Å²) < 4.78 is 6.31. The van der Waals surface area contributed by atoms with Crippen LogP contribution in [0, 0.1) is 11.8 Å². The fourth-order valence-electron chi connectivity index (χ4n) is 5.50. The third kappa shape index (κ3) is 4.68. The van der Waals surface area contributed by atoms with Crippen molar-refractivity contribution in [3.05, 3.63) is 58.1 Å². The van der Waals surface area contributed by atoms with E-state index in [-0.39, 0.29) is 12.0 Å². The number of benzene rings is 2. The van der Waals surface area contributed by atoms with Gasteiger partial charge in [-0.05, 0) is 88.0 Å². The van der Waals surface area contributed by atoms with Gasteiger partial charge in [0.2, 0.25) is 0 Å². The number of hydrogen-bond acceptors (Lipinski definition) is 4. The zero-order valence-corrected chi connectivity index (χ0v) is 20.5. The molecule has 5 rings (SSSR count). The summed E-state index contributed by atoms with van der Waals surface area (Å²) in [5, 5.41) is 9.92. The molecule has 2 fully saturated rings. The average molecular weight is 479 g/mol. The summed E-state index contributed by atoms with van der Waals surface area (Å²) in [7, 11) is 2.22. The fraction of sp³-hybridized carbons (Fsp3) is 0.464. The molecular formula is C28H31ClN2O3.